The molecule has 0 aliphatic rings. The molecular weight excluding hydrogens is 1280 g/mol. The van der Waals surface area contributed by atoms with E-state index in [1.807, 2.05) is 0 Å². The number of phosphoric acid groups is 2. The Bertz CT molecular complexity index is 1870. The topological polar surface area (TPSA) is 237 Å². The van der Waals surface area contributed by atoms with E-state index in [-0.39, 0.29) is 25.7 Å². The van der Waals surface area contributed by atoms with Gasteiger partial charge in [0.2, 0.25) is 0 Å². The van der Waals surface area contributed by atoms with E-state index in [0.29, 0.717) is 25.7 Å². The summed E-state index contributed by atoms with van der Waals surface area (Å²) in [6.45, 7) is 7.34. The molecule has 0 amide bonds. The summed E-state index contributed by atoms with van der Waals surface area (Å²) < 4.78 is 68.6. The van der Waals surface area contributed by atoms with Gasteiger partial charge in [-0.05, 0) is 31.6 Å². The zero-order valence-electron chi connectivity index (χ0n) is 63.9. The third kappa shape index (κ3) is 72.4. The first kappa shape index (κ1) is 96.1. The normalized spacial score (nSPS) is 13.9. The van der Waals surface area contributed by atoms with Crippen molar-refractivity contribution in [3.63, 3.8) is 0 Å². The third-order valence-electron chi connectivity index (χ3n) is 18.5. The molecule has 0 aliphatic heterocycles. The molecular formula is C79H154O17P2. The number of esters is 4. The lowest BCUT2D eigenvalue weighted by Gasteiger charge is -2.21. The predicted octanol–water partition coefficient (Wildman–Crippen LogP) is 23.6. The smallest absolute Gasteiger partial charge is 0.462 e. The summed E-state index contributed by atoms with van der Waals surface area (Å²) in [6, 6.07) is 0. The van der Waals surface area contributed by atoms with Gasteiger partial charge in [0.05, 0.1) is 26.4 Å². The van der Waals surface area contributed by atoms with Crippen molar-refractivity contribution in [2.24, 2.45) is 5.92 Å². The highest BCUT2D eigenvalue weighted by molar-refractivity contribution is 7.47. The van der Waals surface area contributed by atoms with Gasteiger partial charge < -0.3 is 33.8 Å². The Morgan fingerprint density at radius 3 is 0.694 bits per heavy atom. The number of hydrogen-bond donors (Lipinski definition) is 3. The second kappa shape index (κ2) is 72.0. The average molecular weight is 1440 g/mol. The Kier molecular flexibility index (Phi) is 70.6. The van der Waals surface area contributed by atoms with Crippen LogP contribution in [0.3, 0.4) is 0 Å². The van der Waals surface area contributed by atoms with E-state index in [4.69, 9.17) is 37.0 Å². The van der Waals surface area contributed by atoms with Crippen molar-refractivity contribution in [1.29, 1.82) is 0 Å². The molecule has 0 heterocycles. The van der Waals surface area contributed by atoms with E-state index in [9.17, 15) is 43.2 Å². The van der Waals surface area contributed by atoms with Crippen LogP contribution in [0.2, 0.25) is 0 Å². The fourth-order valence-electron chi connectivity index (χ4n) is 12.2. The number of carbonyl (C=O) groups excluding carboxylic acids is 4. The van der Waals surface area contributed by atoms with Crippen LogP contribution in [0, 0.1) is 5.92 Å². The molecule has 0 aliphatic carbocycles. The van der Waals surface area contributed by atoms with Gasteiger partial charge >= 0.3 is 39.5 Å². The molecule has 0 aromatic heterocycles. The fourth-order valence-corrected chi connectivity index (χ4v) is 13.8. The average Bonchev–Trinajstić information content (AvgIpc) is 1.09. The first-order chi connectivity index (χ1) is 47.5. The van der Waals surface area contributed by atoms with E-state index in [1.54, 1.807) is 0 Å². The van der Waals surface area contributed by atoms with Crippen LogP contribution in [0.15, 0.2) is 0 Å². The molecule has 19 heteroatoms. The van der Waals surface area contributed by atoms with Crippen LogP contribution < -0.4 is 0 Å². The molecule has 98 heavy (non-hydrogen) atoms. The molecule has 0 fully saturated rings. The highest BCUT2D eigenvalue weighted by Crippen LogP contribution is 2.45. The number of aliphatic hydroxyl groups is 1. The number of aliphatic hydroxyl groups excluding tert-OH is 1. The molecule has 17 nitrogen and oxygen atoms in total. The minimum Gasteiger partial charge on any atom is -0.462 e. The van der Waals surface area contributed by atoms with Crippen molar-refractivity contribution in [3.05, 3.63) is 0 Å². The Balaban J connectivity index is 5.22. The highest BCUT2D eigenvalue weighted by Gasteiger charge is 2.30. The van der Waals surface area contributed by atoms with Gasteiger partial charge in [0.1, 0.15) is 19.3 Å². The van der Waals surface area contributed by atoms with Crippen LogP contribution in [0.25, 0.3) is 0 Å². The van der Waals surface area contributed by atoms with Crippen molar-refractivity contribution in [2.45, 2.75) is 438 Å². The molecule has 0 radical (unpaired) electrons. The molecule has 0 saturated carbocycles. The number of phosphoric ester groups is 2. The maximum absolute atomic E-state index is 13.1. The van der Waals surface area contributed by atoms with Crippen LogP contribution in [0.5, 0.6) is 0 Å². The molecule has 3 N–H and O–H groups in total. The second-order valence-electron chi connectivity index (χ2n) is 28.9. The number of carbonyl (C=O) groups is 4. The van der Waals surface area contributed by atoms with Crippen molar-refractivity contribution < 1.29 is 80.2 Å². The molecule has 582 valence electrons. The minimum atomic E-state index is -4.96. The molecule has 0 aromatic rings. The zero-order chi connectivity index (χ0) is 71.9. The summed E-state index contributed by atoms with van der Waals surface area (Å²) in [4.78, 5) is 72.9. The maximum Gasteiger partial charge on any atom is 0.472 e. The molecule has 0 saturated heterocycles. The maximum atomic E-state index is 13.1. The van der Waals surface area contributed by atoms with Gasteiger partial charge in [-0.15, -0.1) is 0 Å². The Morgan fingerprint density at radius 1 is 0.276 bits per heavy atom. The minimum absolute atomic E-state index is 0.108. The molecule has 0 bridgehead atoms. The summed E-state index contributed by atoms with van der Waals surface area (Å²) >= 11 is 0. The van der Waals surface area contributed by atoms with Crippen LogP contribution in [-0.4, -0.2) is 96.7 Å². The van der Waals surface area contributed by atoms with Gasteiger partial charge in [-0.3, -0.25) is 37.3 Å². The summed E-state index contributed by atoms with van der Waals surface area (Å²) in [5.41, 5.74) is 0. The lowest BCUT2D eigenvalue weighted by molar-refractivity contribution is -0.161. The summed E-state index contributed by atoms with van der Waals surface area (Å²) in [7, 11) is -9.91. The lowest BCUT2D eigenvalue weighted by Crippen LogP contribution is -2.30. The predicted molar refractivity (Wildman–Crippen MR) is 400 cm³/mol. The number of hydrogen-bond acceptors (Lipinski definition) is 15. The standard InChI is InChI=1S/C79H154O17P2/c1-6-9-12-15-18-21-24-25-26-27-31-34-39-43-48-53-58-63-77(82)90-69-75(96-79(84)65-60-55-50-45-40-35-32-29-28-30-33-38-41-46-51-56-61-72(4)5)71-94-98(87,88)92-67-73(80)66-91-97(85,86)93-70-74(95-78(83)64-59-54-49-44-37-23-20-17-14-11-8-3)68-89-76(81)62-57-52-47-42-36-22-19-16-13-10-7-2/h72-75,80H,6-71H2,1-5H3,(H,85,86)(H,87,88)/t73-,74+,75+/m0/s1. The molecule has 0 spiro atoms. The van der Waals surface area contributed by atoms with Crippen molar-refractivity contribution in [3.8, 4) is 0 Å². The van der Waals surface area contributed by atoms with Gasteiger partial charge in [-0.2, -0.15) is 0 Å². The van der Waals surface area contributed by atoms with Crippen molar-refractivity contribution in [1.82, 2.24) is 0 Å². The van der Waals surface area contributed by atoms with Crippen molar-refractivity contribution >= 4 is 39.5 Å². The highest BCUT2D eigenvalue weighted by atomic mass is 31.2. The summed E-state index contributed by atoms with van der Waals surface area (Å²) in [5.74, 6) is -1.30. The van der Waals surface area contributed by atoms with E-state index in [0.717, 1.165) is 95.8 Å². The number of unbranched alkanes of at least 4 members (excludes halogenated alkanes) is 51. The number of rotatable bonds is 79. The zero-order valence-corrected chi connectivity index (χ0v) is 65.7. The van der Waals surface area contributed by atoms with E-state index in [2.05, 4.69) is 34.6 Å². The number of ether oxygens (including phenoxy) is 4. The Labute approximate surface area is 600 Å². The first-order valence-electron chi connectivity index (χ1n) is 41.1. The van der Waals surface area contributed by atoms with Crippen molar-refractivity contribution in [2.75, 3.05) is 39.6 Å². The molecule has 5 atom stereocenters. The lowest BCUT2D eigenvalue weighted by atomic mass is 10.0. The van der Waals surface area contributed by atoms with E-state index in [1.165, 1.54) is 244 Å². The van der Waals surface area contributed by atoms with E-state index < -0.39 is 97.5 Å². The second-order valence-corrected chi connectivity index (χ2v) is 31.8. The van der Waals surface area contributed by atoms with Crippen LogP contribution in [-0.2, 0) is 65.4 Å². The van der Waals surface area contributed by atoms with Crippen LogP contribution in [0.1, 0.15) is 420 Å². The quantitative estimate of drug-likeness (QED) is 0.0222. The van der Waals surface area contributed by atoms with Gasteiger partial charge in [-0.1, -0.05) is 369 Å². The van der Waals surface area contributed by atoms with Gasteiger partial charge in [0, 0.05) is 25.7 Å². The largest absolute Gasteiger partial charge is 0.472 e. The van der Waals surface area contributed by atoms with Gasteiger partial charge in [-0.25, -0.2) is 9.13 Å². The monoisotopic (exact) mass is 1440 g/mol. The molecule has 0 rings (SSSR count). The SMILES string of the molecule is CCCCCCCCCCCCCCCCCCCC(=O)OC[C@H](COP(=O)(O)OC[C@@H](O)COP(=O)(O)OC[C@@H](COC(=O)CCCCCCCCCCCCC)OC(=O)CCCCCCCCCCCCC)OC(=O)CCCCCCCCCCCCCCCCCCC(C)C. The van der Waals surface area contributed by atoms with Gasteiger partial charge in [0.25, 0.3) is 0 Å². The Hall–Kier alpha value is -1.94. The van der Waals surface area contributed by atoms with E-state index >= 15 is 0 Å². The Morgan fingerprint density at radius 2 is 0.469 bits per heavy atom. The molecule has 0 aromatic carbocycles. The first-order valence-corrected chi connectivity index (χ1v) is 44.1. The molecule has 2 unspecified atom stereocenters. The summed E-state index contributed by atoms with van der Waals surface area (Å²) in [6.07, 6.45) is 62.3. The van der Waals surface area contributed by atoms with Crippen LogP contribution in [0.4, 0.5) is 0 Å². The van der Waals surface area contributed by atoms with Crippen LogP contribution >= 0.6 is 15.6 Å². The fraction of sp³-hybridized carbons (Fsp3) is 0.949. The van der Waals surface area contributed by atoms with Gasteiger partial charge in [0.15, 0.2) is 12.2 Å². The third-order valence-corrected chi connectivity index (χ3v) is 20.4. The summed E-state index contributed by atoms with van der Waals surface area (Å²) in [5, 5.41) is 10.6.